The van der Waals surface area contributed by atoms with E-state index < -0.39 is 0 Å². The van der Waals surface area contributed by atoms with Crippen molar-refractivity contribution >= 4 is 26.4 Å². The lowest BCUT2D eigenvalue weighted by atomic mass is 9.79. The molecular formula is C21H28NOP. The second kappa shape index (κ2) is 6.69. The molecule has 3 heteroatoms. The standard InChI is InChI=1S/C21H28NOP/c1-20(2,3)15-11-14(19(23)16(12-15)21(4,5)6)13-22-17-9-7-8-10-18(17)24/h7-13,23H,24H2,1-6H3. The number of rotatable bonds is 2. The van der Waals surface area contributed by atoms with Crippen molar-refractivity contribution in [1.82, 2.24) is 0 Å². The van der Waals surface area contributed by atoms with Crippen LogP contribution in [0, 0.1) is 0 Å². The van der Waals surface area contributed by atoms with Crippen LogP contribution < -0.4 is 5.30 Å². The summed E-state index contributed by atoms with van der Waals surface area (Å²) in [5.74, 6) is 0.320. The van der Waals surface area contributed by atoms with E-state index in [9.17, 15) is 5.11 Å². The smallest absolute Gasteiger partial charge is 0.128 e. The summed E-state index contributed by atoms with van der Waals surface area (Å²) in [5, 5.41) is 11.8. The molecule has 0 aliphatic carbocycles. The zero-order chi connectivity index (χ0) is 18.1. The number of hydrogen-bond acceptors (Lipinski definition) is 2. The molecule has 0 spiro atoms. The molecule has 2 rings (SSSR count). The number of aliphatic imine (C=N–C) groups is 1. The van der Waals surface area contributed by atoms with Crippen molar-refractivity contribution in [3.05, 3.63) is 53.1 Å². The lowest BCUT2D eigenvalue weighted by Crippen LogP contribution is -2.17. The zero-order valence-electron chi connectivity index (χ0n) is 15.5. The number of phenolic OH excluding ortho intramolecular Hbond substituents is 1. The van der Waals surface area contributed by atoms with E-state index in [1.54, 1.807) is 6.21 Å². The van der Waals surface area contributed by atoms with E-state index in [0.29, 0.717) is 5.75 Å². The molecule has 2 nitrogen and oxygen atoms in total. The van der Waals surface area contributed by atoms with Gasteiger partial charge in [-0.1, -0.05) is 65.8 Å². The van der Waals surface area contributed by atoms with Gasteiger partial charge in [0, 0.05) is 17.3 Å². The predicted octanol–water partition coefficient (Wildman–Crippen LogP) is 5.24. The summed E-state index contributed by atoms with van der Waals surface area (Å²) >= 11 is 0. The van der Waals surface area contributed by atoms with E-state index in [1.807, 2.05) is 30.3 Å². The van der Waals surface area contributed by atoms with Crippen molar-refractivity contribution in [3.8, 4) is 5.75 Å². The highest BCUT2D eigenvalue weighted by Gasteiger charge is 2.24. The van der Waals surface area contributed by atoms with Gasteiger partial charge >= 0.3 is 0 Å². The maximum atomic E-state index is 10.8. The number of nitrogens with zero attached hydrogens (tertiary/aromatic N) is 1. The number of benzene rings is 2. The molecule has 0 radical (unpaired) electrons. The molecule has 0 saturated carbocycles. The van der Waals surface area contributed by atoms with Crippen molar-refractivity contribution in [1.29, 1.82) is 0 Å². The third kappa shape index (κ3) is 4.24. The molecule has 1 unspecified atom stereocenters. The SMILES string of the molecule is CC(C)(C)c1cc(C=Nc2ccccc2P)c(O)c(C(C)(C)C)c1. The molecule has 0 aromatic heterocycles. The van der Waals surface area contributed by atoms with Gasteiger partial charge in [-0.2, -0.15) is 0 Å². The minimum absolute atomic E-state index is 0.00874. The molecule has 128 valence electrons. The van der Waals surface area contributed by atoms with Gasteiger partial charge in [0.2, 0.25) is 0 Å². The van der Waals surface area contributed by atoms with Crippen LogP contribution in [0.3, 0.4) is 0 Å². The third-order valence-electron chi connectivity index (χ3n) is 4.09. The fourth-order valence-corrected chi connectivity index (χ4v) is 2.79. The first-order chi connectivity index (χ1) is 11.0. The van der Waals surface area contributed by atoms with E-state index in [4.69, 9.17) is 0 Å². The molecule has 24 heavy (non-hydrogen) atoms. The first-order valence-electron chi connectivity index (χ1n) is 8.26. The van der Waals surface area contributed by atoms with E-state index in [2.05, 4.69) is 61.8 Å². The minimum Gasteiger partial charge on any atom is -0.507 e. The fourth-order valence-electron chi connectivity index (χ4n) is 2.50. The highest BCUT2D eigenvalue weighted by Crippen LogP contribution is 2.37. The van der Waals surface area contributed by atoms with Crippen molar-refractivity contribution in [2.24, 2.45) is 4.99 Å². The van der Waals surface area contributed by atoms with Gasteiger partial charge in [-0.25, -0.2) is 0 Å². The van der Waals surface area contributed by atoms with Gasteiger partial charge in [-0.15, -0.1) is 9.24 Å². The van der Waals surface area contributed by atoms with Crippen molar-refractivity contribution in [2.45, 2.75) is 52.4 Å². The summed E-state index contributed by atoms with van der Waals surface area (Å²) in [6.45, 7) is 12.9. The van der Waals surface area contributed by atoms with Crippen LogP contribution >= 0.6 is 9.24 Å². The van der Waals surface area contributed by atoms with Gasteiger partial charge in [0.05, 0.1) is 5.69 Å². The average molecular weight is 341 g/mol. The lowest BCUT2D eigenvalue weighted by Gasteiger charge is -2.27. The second-order valence-electron chi connectivity index (χ2n) is 8.28. The van der Waals surface area contributed by atoms with Crippen LogP contribution in [0.25, 0.3) is 0 Å². The lowest BCUT2D eigenvalue weighted by molar-refractivity contribution is 0.444. The predicted molar refractivity (Wildman–Crippen MR) is 109 cm³/mol. The van der Waals surface area contributed by atoms with Gasteiger partial charge in [-0.3, -0.25) is 4.99 Å². The summed E-state index contributed by atoms with van der Waals surface area (Å²) in [7, 11) is 2.69. The maximum Gasteiger partial charge on any atom is 0.128 e. The van der Waals surface area contributed by atoms with Gasteiger partial charge in [-0.05, 0) is 33.8 Å². The Morgan fingerprint density at radius 2 is 1.58 bits per heavy atom. The molecule has 0 aliphatic heterocycles. The molecule has 1 N–H and O–H groups in total. The zero-order valence-corrected chi connectivity index (χ0v) is 16.7. The first-order valence-corrected chi connectivity index (χ1v) is 8.84. The topological polar surface area (TPSA) is 32.6 Å². The quantitative estimate of drug-likeness (QED) is 0.588. The molecule has 1 atom stereocenters. The molecule has 0 amide bonds. The Bertz CT molecular complexity index is 764. The van der Waals surface area contributed by atoms with Gasteiger partial charge in [0.1, 0.15) is 5.75 Å². The Labute approximate surface area is 148 Å². The Morgan fingerprint density at radius 3 is 2.12 bits per heavy atom. The van der Waals surface area contributed by atoms with E-state index in [0.717, 1.165) is 22.1 Å². The third-order valence-corrected chi connectivity index (χ3v) is 4.58. The largest absolute Gasteiger partial charge is 0.507 e. The van der Waals surface area contributed by atoms with Crippen LogP contribution in [0.1, 0.15) is 58.2 Å². The van der Waals surface area contributed by atoms with Crippen LogP contribution in [0.4, 0.5) is 5.69 Å². The Morgan fingerprint density at radius 1 is 0.958 bits per heavy atom. The minimum atomic E-state index is -0.132. The monoisotopic (exact) mass is 341 g/mol. The highest BCUT2D eigenvalue weighted by molar-refractivity contribution is 7.28. The maximum absolute atomic E-state index is 10.8. The molecule has 0 saturated heterocycles. The second-order valence-corrected chi connectivity index (χ2v) is 8.90. The number of aromatic hydroxyl groups is 1. The van der Waals surface area contributed by atoms with Crippen molar-refractivity contribution in [2.75, 3.05) is 0 Å². The van der Waals surface area contributed by atoms with Crippen molar-refractivity contribution < 1.29 is 5.11 Å². The average Bonchev–Trinajstić information content (AvgIpc) is 2.45. The van der Waals surface area contributed by atoms with Crippen LogP contribution in [-0.4, -0.2) is 11.3 Å². The summed E-state index contributed by atoms with van der Waals surface area (Å²) < 4.78 is 0. The molecule has 2 aromatic rings. The number of phenols is 1. The molecule has 0 aliphatic rings. The van der Waals surface area contributed by atoms with E-state index >= 15 is 0 Å². The Hall–Kier alpha value is -1.66. The summed E-state index contributed by atoms with van der Waals surface area (Å²) in [6, 6.07) is 12.1. The van der Waals surface area contributed by atoms with Crippen LogP contribution in [0.15, 0.2) is 41.4 Å². The number of para-hydroxylation sites is 1. The van der Waals surface area contributed by atoms with Gasteiger partial charge < -0.3 is 5.11 Å². The van der Waals surface area contributed by atoms with E-state index in [-0.39, 0.29) is 10.8 Å². The van der Waals surface area contributed by atoms with Gasteiger partial charge in [0.15, 0.2) is 0 Å². The Balaban J connectivity index is 2.59. The Kier molecular flexibility index (Phi) is 5.20. The van der Waals surface area contributed by atoms with Crippen LogP contribution in [-0.2, 0) is 10.8 Å². The van der Waals surface area contributed by atoms with Gasteiger partial charge in [0.25, 0.3) is 0 Å². The highest BCUT2D eigenvalue weighted by atomic mass is 31.0. The normalized spacial score (nSPS) is 12.8. The molecule has 0 fully saturated rings. The fraction of sp³-hybridized carbons (Fsp3) is 0.381. The summed E-state index contributed by atoms with van der Waals surface area (Å²) in [6.07, 6.45) is 1.77. The molecular weight excluding hydrogens is 313 g/mol. The number of hydrogen-bond donors (Lipinski definition) is 1. The van der Waals surface area contributed by atoms with Crippen LogP contribution in [0.5, 0.6) is 5.75 Å². The molecule has 0 heterocycles. The van der Waals surface area contributed by atoms with Crippen LogP contribution in [0.2, 0.25) is 0 Å². The molecule has 0 bridgehead atoms. The van der Waals surface area contributed by atoms with Crippen molar-refractivity contribution in [3.63, 3.8) is 0 Å². The summed E-state index contributed by atoms with van der Waals surface area (Å²) in [5.41, 5.74) is 3.68. The summed E-state index contributed by atoms with van der Waals surface area (Å²) in [4.78, 5) is 4.58. The molecule has 2 aromatic carbocycles. The first kappa shape index (κ1) is 18.7. The van der Waals surface area contributed by atoms with E-state index in [1.165, 1.54) is 5.56 Å².